The van der Waals surface area contributed by atoms with Crippen LogP contribution in [0.25, 0.3) is 0 Å². The van der Waals surface area contributed by atoms with Crippen LogP contribution in [0.2, 0.25) is 0 Å². The highest BCUT2D eigenvalue weighted by molar-refractivity contribution is 5.70. The topological polar surface area (TPSA) is 72.8 Å². The molecule has 1 N–H and O–H groups in total. The largest absolute Gasteiger partial charge is 0.466 e. The van der Waals surface area contributed by atoms with Crippen molar-refractivity contribution < 1.29 is 24.2 Å². The second-order valence-electron chi connectivity index (χ2n) is 4.90. The molecule has 0 radical (unpaired) electrons. The molecule has 23 heavy (non-hydrogen) atoms. The van der Waals surface area contributed by atoms with Crippen molar-refractivity contribution in [3.63, 3.8) is 0 Å². The molecule has 1 aromatic rings. The van der Waals surface area contributed by atoms with E-state index in [4.69, 9.17) is 14.6 Å². The van der Waals surface area contributed by atoms with Crippen LogP contribution in [-0.2, 0) is 19.1 Å². The first kappa shape index (κ1) is 21.1. The zero-order chi connectivity index (χ0) is 17.5. The van der Waals surface area contributed by atoms with Crippen LogP contribution in [0.5, 0.6) is 0 Å². The van der Waals surface area contributed by atoms with Gasteiger partial charge in [-0.25, -0.2) is 0 Å². The van der Waals surface area contributed by atoms with Crippen LogP contribution in [0.15, 0.2) is 30.3 Å². The van der Waals surface area contributed by atoms with E-state index < -0.39 is 0 Å². The summed E-state index contributed by atoms with van der Waals surface area (Å²) >= 11 is 0. The van der Waals surface area contributed by atoms with Gasteiger partial charge in [0.25, 0.3) is 0 Å². The molecule has 0 spiro atoms. The van der Waals surface area contributed by atoms with Crippen molar-refractivity contribution in [2.24, 2.45) is 0 Å². The molecular weight excluding hydrogens is 296 g/mol. The van der Waals surface area contributed by atoms with Crippen molar-refractivity contribution in [3.8, 4) is 0 Å². The molecular formula is C18H28O5. The molecule has 0 aromatic heterocycles. The molecule has 1 aromatic carbocycles. The summed E-state index contributed by atoms with van der Waals surface area (Å²) in [6, 6.07) is 9.59. The number of aliphatic hydroxyl groups excluding tert-OH is 1. The van der Waals surface area contributed by atoms with E-state index in [-0.39, 0.29) is 18.0 Å². The van der Waals surface area contributed by atoms with E-state index >= 15 is 0 Å². The predicted molar refractivity (Wildman–Crippen MR) is 88.8 cm³/mol. The lowest BCUT2D eigenvalue weighted by molar-refractivity contribution is -0.145. The summed E-state index contributed by atoms with van der Waals surface area (Å²) in [6.45, 7) is 6.13. The predicted octanol–water partition coefficient (Wildman–Crippen LogP) is 3.41. The van der Waals surface area contributed by atoms with Gasteiger partial charge >= 0.3 is 11.9 Å². The van der Waals surface area contributed by atoms with Crippen molar-refractivity contribution in [1.29, 1.82) is 0 Å². The fourth-order valence-corrected chi connectivity index (χ4v) is 1.74. The molecule has 5 heteroatoms. The Balaban J connectivity index is 0.000000459. The third-order valence-corrected chi connectivity index (χ3v) is 2.90. The number of hydrogen-bond donors (Lipinski definition) is 1. The van der Waals surface area contributed by atoms with E-state index in [9.17, 15) is 9.59 Å². The average Bonchev–Trinajstić information content (AvgIpc) is 2.53. The van der Waals surface area contributed by atoms with Gasteiger partial charge in [0, 0.05) is 12.8 Å². The lowest BCUT2D eigenvalue weighted by atomic mass is 10.1. The SMILES string of the molecule is CC(O)c1ccccc1.CCOC(=O)CCCCC(=O)OCC. The van der Waals surface area contributed by atoms with Gasteiger partial charge in [0.05, 0.1) is 19.3 Å². The van der Waals surface area contributed by atoms with Crippen LogP contribution in [0, 0.1) is 0 Å². The van der Waals surface area contributed by atoms with Crippen molar-refractivity contribution in [2.45, 2.75) is 52.6 Å². The molecule has 1 unspecified atom stereocenters. The third kappa shape index (κ3) is 12.4. The second kappa shape index (κ2) is 13.8. The molecule has 0 aliphatic rings. The maximum atomic E-state index is 10.9. The Bertz CT molecular complexity index is 408. The summed E-state index contributed by atoms with van der Waals surface area (Å²) in [5.41, 5.74) is 0.970. The zero-order valence-electron chi connectivity index (χ0n) is 14.3. The normalized spacial score (nSPS) is 11.0. The summed E-state index contributed by atoms with van der Waals surface area (Å²) in [4.78, 5) is 21.8. The molecule has 0 saturated heterocycles. The highest BCUT2D eigenvalue weighted by Crippen LogP contribution is 2.09. The highest BCUT2D eigenvalue weighted by atomic mass is 16.5. The van der Waals surface area contributed by atoms with Crippen LogP contribution in [-0.4, -0.2) is 30.3 Å². The monoisotopic (exact) mass is 324 g/mol. The lowest BCUT2D eigenvalue weighted by Crippen LogP contribution is -2.06. The maximum absolute atomic E-state index is 10.9. The van der Waals surface area contributed by atoms with E-state index in [2.05, 4.69) is 0 Å². The number of rotatable bonds is 8. The Hall–Kier alpha value is -1.88. The minimum atomic E-state index is -0.341. The van der Waals surface area contributed by atoms with Gasteiger partial charge in [-0.05, 0) is 39.2 Å². The van der Waals surface area contributed by atoms with Crippen molar-refractivity contribution in [1.82, 2.24) is 0 Å². The number of benzene rings is 1. The smallest absolute Gasteiger partial charge is 0.305 e. The van der Waals surface area contributed by atoms with Crippen LogP contribution in [0.1, 0.15) is 58.1 Å². The Kier molecular flexibility index (Phi) is 12.6. The number of esters is 2. The summed E-state index contributed by atoms with van der Waals surface area (Å²) in [6.07, 6.45) is 1.78. The molecule has 0 bridgehead atoms. The number of carbonyl (C=O) groups is 2. The Morgan fingerprint density at radius 3 is 1.70 bits per heavy atom. The van der Waals surface area contributed by atoms with E-state index in [1.807, 2.05) is 30.3 Å². The van der Waals surface area contributed by atoms with Crippen LogP contribution < -0.4 is 0 Å². The van der Waals surface area contributed by atoms with Gasteiger partial charge in [-0.15, -0.1) is 0 Å². The molecule has 130 valence electrons. The molecule has 0 fully saturated rings. The fraction of sp³-hybridized carbons (Fsp3) is 0.556. The van der Waals surface area contributed by atoms with Crippen LogP contribution in [0.3, 0.4) is 0 Å². The third-order valence-electron chi connectivity index (χ3n) is 2.90. The molecule has 0 amide bonds. The molecule has 1 rings (SSSR count). The van der Waals surface area contributed by atoms with Crippen molar-refractivity contribution in [2.75, 3.05) is 13.2 Å². The first-order valence-corrected chi connectivity index (χ1v) is 8.05. The number of carbonyl (C=O) groups excluding carboxylic acids is 2. The number of ether oxygens (including phenoxy) is 2. The molecule has 0 saturated carbocycles. The minimum Gasteiger partial charge on any atom is -0.466 e. The number of unbranched alkanes of at least 4 members (excludes halogenated alkanes) is 1. The Morgan fingerprint density at radius 2 is 1.39 bits per heavy atom. The second-order valence-corrected chi connectivity index (χ2v) is 4.90. The molecule has 0 aliphatic carbocycles. The van der Waals surface area contributed by atoms with Gasteiger partial charge in [0.1, 0.15) is 0 Å². The van der Waals surface area contributed by atoms with Gasteiger partial charge in [-0.3, -0.25) is 9.59 Å². The molecule has 0 aliphatic heterocycles. The van der Waals surface area contributed by atoms with Gasteiger partial charge in [-0.2, -0.15) is 0 Å². The van der Waals surface area contributed by atoms with Crippen LogP contribution in [0.4, 0.5) is 0 Å². The molecule has 1 atom stereocenters. The van der Waals surface area contributed by atoms with E-state index in [0.717, 1.165) is 5.56 Å². The first-order chi connectivity index (χ1) is 11.0. The maximum Gasteiger partial charge on any atom is 0.305 e. The van der Waals surface area contributed by atoms with Gasteiger partial charge in [-0.1, -0.05) is 30.3 Å². The summed E-state index contributed by atoms with van der Waals surface area (Å²) in [7, 11) is 0. The first-order valence-electron chi connectivity index (χ1n) is 8.05. The fourth-order valence-electron chi connectivity index (χ4n) is 1.74. The zero-order valence-corrected chi connectivity index (χ0v) is 14.3. The molecule has 5 nitrogen and oxygen atoms in total. The average molecular weight is 324 g/mol. The lowest BCUT2D eigenvalue weighted by Gasteiger charge is -2.02. The number of aliphatic hydroxyl groups is 1. The van der Waals surface area contributed by atoms with Crippen LogP contribution >= 0.6 is 0 Å². The van der Waals surface area contributed by atoms with Gasteiger partial charge in [0.15, 0.2) is 0 Å². The minimum absolute atomic E-state index is 0.198. The van der Waals surface area contributed by atoms with Crippen molar-refractivity contribution in [3.05, 3.63) is 35.9 Å². The summed E-state index contributed by atoms with van der Waals surface area (Å²) in [5.74, 6) is -0.396. The molecule has 0 heterocycles. The standard InChI is InChI=1S/C10H18O4.C8H10O/c1-3-13-9(11)7-5-6-8-10(12)14-4-2;1-7(9)8-5-3-2-4-6-8/h3-8H2,1-2H3;2-7,9H,1H3. The van der Waals surface area contributed by atoms with Gasteiger partial charge < -0.3 is 14.6 Å². The van der Waals surface area contributed by atoms with Gasteiger partial charge in [0.2, 0.25) is 0 Å². The number of hydrogen-bond acceptors (Lipinski definition) is 5. The van der Waals surface area contributed by atoms with E-state index in [0.29, 0.717) is 38.9 Å². The van der Waals surface area contributed by atoms with E-state index in [1.165, 1.54) is 0 Å². The quantitative estimate of drug-likeness (QED) is 0.586. The van der Waals surface area contributed by atoms with Crippen molar-refractivity contribution >= 4 is 11.9 Å². The Morgan fingerprint density at radius 1 is 0.957 bits per heavy atom. The summed E-state index contributed by atoms with van der Waals surface area (Å²) < 4.78 is 9.48. The van der Waals surface area contributed by atoms with E-state index in [1.54, 1.807) is 20.8 Å². The Labute approximate surface area is 138 Å². The summed E-state index contributed by atoms with van der Waals surface area (Å²) in [5, 5.41) is 9.02. The highest BCUT2D eigenvalue weighted by Gasteiger charge is 2.04.